The van der Waals surface area contributed by atoms with Crippen molar-refractivity contribution in [2.24, 2.45) is 0 Å². The number of aromatic carboxylic acids is 1. The molecule has 11 nitrogen and oxygen atoms in total. The maximum absolute atomic E-state index is 11.8. The van der Waals surface area contributed by atoms with E-state index in [0.717, 1.165) is 10.1 Å². The van der Waals surface area contributed by atoms with Gasteiger partial charge in [0, 0.05) is 6.54 Å². The maximum atomic E-state index is 11.8. The second kappa shape index (κ2) is 7.72. The molecule has 11 heteroatoms. The largest absolute Gasteiger partial charge is 0.475 e. The van der Waals surface area contributed by atoms with E-state index in [0.29, 0.717) is 12.4 Å². The standard InChI is InChI=1S/C18H19N5O6/c24-7-10-12(25)13(26)17(29-10)23-15-11(22-16(23)18(27)28)14(20-8-21-15)19-6-9-4-2-1-3-5-9/h1-5,8,10,12-13,17,24-26H,6-7H2,(H,27,28)(H,19,20,21)/t10-,12-,13-,17-/m1/s1. The van der Waals surface area contributed by atoms with Gasteiger partial charge in [-0.2, -0.15) is 0 Å². The molecule has 4 atom stereocenters. The number of aliphatic hydroxyl groups excluding tert-OH is 3. The fourth-order valence-electron chi connectivity index (χ4n) is 3.31. The number of aromatic nitrogens is 4. The Morgan fingerprint density at radius 2 is 1.93 bits per heavy atom. The molecule has 1 aliphatic heterocycles. The van der Waals surface area contributed by atoms with Gasteiger partial charge in [-0.1, -0.05) is 30.3 Å². The zero-order valence-electron chi connectivity index (χ0n) is 15.1. The van der Waals surface area contributed by atoms with Crippen LogP contribution in [-0.2, 0) is 11.3 Å². The van der Waals surface area contributed by atoms with Crippen LogP contribution in [-0.4, -0.2) is 70.8 Å². The van der Waals surface area contributed by atoms with Gasteiger partial charge in [0.15, 0.2) is 23.2 Å². The van der Waals surface area contributed by atoms with Crippen molar-refractivity contribution in [2.75, 3.05) is 11.9 Å². The highest BCUT2D eigenvalue weighted by Crippen LogP contribution is 2.33. The Kier molecular flexibility index (Phi) is 5.11. The predicted octanol–water partition coefficient (Wildman–Crippen LogP) is -0.252. The number of fused-ring (bicyclic) bond motifs is 1. The molecule has 0 radical (unpaired) electrons. The van der Waals surface area contributed by atoms with Crippen LogP contribution in [0.2, 0.25) is 0 Å². The maximum Gasteiger partial charge on any atom is 0.372 e. The summed E-state index contributed by atoms with van der Waals surface area (Å²) in [6.45, 7) is -0.112. The van der Waals surface area contributed by atoms with E-state index in [4.69, 9.17) is 4.74 Å². The number of benzene rings is 1. The summed E-state index contributed by atoms with van der Waals surface area (Å²) >= 11 is 0. The Morgan fingerprint density at radius 3 is 2.59 bits per heavy atom. The molecular formula is C18H19N5O6. The molecule has 0 unspecified atom stereocenters. The number of carboxylic acids is 1. The highest BCUT2D eigenvalue weighted by molar-refractivity contribution is 5.92. The van der Waals surface area contributed by atoms with Crippen LogP contribution in [0.4, 0.5) is 5.82 Å². The summed E-state index contributed by atoms with van der Waals surface area (Å²) in [4.78, 5) is 24.1. The topological polar surface area (TPSA) is 163 Å². The molecule has 1 saturated heterocycles. The second-order valence-corrected chi connectivity index (χ2v) is 6.57. The van der Waals surface area contributed by atoms with Crippen molar-refractivity contribution in [1.82, 2.24) is 19.5 Å². The fourth-order valence-corrected chi connectivity index (χ4v) is 3.31. The van der Waals surface area contributed by atoms with Crippen LogP contribution in [0.3, 0.4) is 0 Å². The average Bonchev–Trinajstić information content (AvgIpc) is 3.25. The average molecular weight is 401 g/mol. The van der Waals surface area contributed by atoms with E-state index in [1.165, 1.54) is 6.33 Å². The second-order valence-electron chi connectivity index (χ2n) is 6.57. The summed E-state index contributed by atoms with van der Waals surface area (Å²) in [6, 6.07) is 9.53. The highest BCUT2D eigenvalue weighted by atomic mass is 16.6. The van der Waals surface area contributed by atoms with Gasteiger partial charge in [0.1, 0.15) is 24.6 Å². The van der Waals surface area contributed by atoms with E-state index in [1.54, 1.807) is 0 Å². The molecule has 29 heavy (non-hydrogen) atoms. The minimum absolute atomic E-state index is 0.114. The lowest BCUT2D eigenvalue weighted by Crippen LogP contribution is -2.33. The molecule has 3 heterocycles. The number of nitrogens with one attached hydrogen (secondary N) is 1. The molecule has 0 bridgehead atoms. The van der Waals surface area contributed by atoms with Gasteiger partial charge in [0.2, 0.25) is 5.82 Å². The van der Waals surface area contributed by atoms with Crippen molar-refractivity contribution in [2.45, 2.75) is 31.1 Å². The summed E-state index contributed by atoms with van der Waals surface area (Å²) in [5.41, 5.74) is 1.28. The van der Waals surface area contributed by atoms with Gasteiger partial charge in [-0.15, -0.1) is 0 Å². The van der Waals surface area contributed by atoms with Gasteiger partial charge >= 0.3 is 5.97 Å². The number of carboxylic acid groups (broad SMARTS) is 1. The lowest BCUT2D eigenvalue weighted by molar-refractivity contribution is -0.0522. The third kappa shape index (κ3) is 3.40. The first-order chi connectivity index (χ1) is 14.0. The van der Waals surface area contributed by atoms with E-state index in [1.807, 2.05) is 30.3 Å². The van der Waals surface area contributed by atoms with Crippen LogP contribution in [0.5, 0.6) is 0 Å². The van der Waals surface area contributed by atoms with E-state index >= 15 is 0 Å². The molecule has 4 rings (SSSR count). The summed E-state index contributed by atoms with van der Waals surface area (Å²) in [6.07, 6.45) is -3.97. The third-order valence-corrected chi connectivity index (χ3v) is 4.74. The third-order valence-electron chi connectivity index (χ3n) is 4.74. The number of hydrogen-bond acceptors (Lipinski definition) is 9. The van der Waals surface area contributed by atoms with Crippen molar-refractivity contribution in [3.63, 3.8) is 0 Å². The highest BCUT2D eigenvalue weighted by Gasteiger charge is 2.45. The smallest absolute Gasteiger partial charge is 0.372 e. The molecule has 0 amide bonds. The molecule has 1 fully saturated rings. The SMILES string of the molecule is O=C(O)c1nc2c(NCc3ccccc3)ncnc2n1[C@@H]1O[C@H](CO)[C@@H](O)[C@H]1O. The van der Waals surface area contributed by atoms with Crippen molar-refractivity contribution >= 4 is 23.0 Å². The molecule has 1 aromatic carbocycles. The number of ether oxygens (including phenoxy) is 1. The van der Waals surface area contributed by atoms with E-state index in [2.05, 4.69) is 20.3 Å². The quantitative estimate of drug-likeness (QED) is 0.372. The van der Waals surface area contributed by atoms with Crippen molar-refractivity contribution in [3.05, 3.63) is 48.0 Å². The number of anilines is 1. The van der Waals surface area contributed by atoms with Gasteiger partial charge in [-0.3, -0.25) is 4.57 Å². The van der Waals surface area contributed by atoms with E-state index in [-0.39, 0.29) is 11.2 Å². The van der Waals surface area contributed by atoms with Crippen molar-refractivity contribution < 1.29 is 30.0 Å². The van der Waals surface area contributed by atoms with Crippen molar-refractivity contribution in [1.29, 1.82) is 0 Å². The van der Waals surface area contributed by atoms with Crippen LogP contribution in [0.1, 0.15) is 22.4 Å². The van der Waals surface area contributed by atoms with Crippen LogP contribution in [0.25, 0.3) is 11.2 Å². The van der Waals surface area contributed by atoms with Gasteiger partial charge in [-0.25, -0.2) is 19.7 Å². The van der Waals surface area contributed by atoms with E-state index in [9.17, 15) is 25.2 Å². The molecule has 1 aliphatic rings. The molecule has 0 saturated carbocycles. The number of nitrogens with zero attached hydrogens (tertiary/aromatic N) is 4. The Balaban J connectivity index is 1.75. The summed E-state index contributed by atoms with van der Waals surface area (Å²) in [5, 5.41) is 42.4. The monoisotopic (exact) mass is 401 g/mol. The van der Waals surface area contributed by atoms with Gasteiger partial charge in [0.25, 0.3) is 0 Å². The van der Waals surface area contributed by atoms with Gasteiger partial charge in [0.05, 0.1) is 6.61 Å². The van der Waals surface area contributed by atoms with Crippen LogP contribution in [0.15, 0.2) is 36.7 Å². The number of hydrogen-bond donors (Lipinski definition) is 5. The number of aliphatic hydroxyl groups is 3. The Labute approximate surface area is 164 Å². The number of imidazole rings is 1. The van der Waals surface area contributed by atoms with Crippen molar-refractivity contribution in [3.8, 4) is 0 Å². The zero-order valence-corrected chi connectivity index (χ0v) is 15.1. The predicted molar refractivity (Wildman–Crippen MR) is 99.1 cm³/mol. The lowest BCUT2D eigenvalue weighted by atomic mass is 10.1. The fraction of sp³-hybridized carbons (Fsp3) is 0.333. The molecule has 5 N–H and O–H groups in total. The van der Waals surface area contributed by atoms with E-state index < -0.39 is 42.9 Å². The number of carbonyl (C=O) groups is 1. The molecule has 0 aliphatic carbocycles. The van der Waals surface area contributed by atoms with Gasteiger partial charge in [-0.05, 0) is 5.56 Å². The van der Waals surface area contributed by atoms with Crippen LogP contribution in [0, 0.1) is 0 Å². The first-order valence-electron chi connectivity index (χ1n) is 8.87. The summed E-state index contributed by atoms with van der Waals surface area (Å²) in [7, 11) is 0. The molecular weight excluding hydrogens is 382 g/mol. The first kappa shape index (κ1) is 19.2. The first-order valence-corrected chi connectivity index (χ1v) is 8.87. The molecule has 0 spiro atoms. The van der Waals surface area contributed by atoms with Crippen LogP contribution >= 0.6 is 0 Å². The number of rotatable bonds is 6. The molecule has 2 aromatic heterocycles. The summed E-state index contributed by atoms with van der Waals surface area (Å²) < 4.78 is 6.57. The Hall–Kier alpha value is -3.12. The Morgan fingerprint density at radius 1 is 1.17 bits per heavy atom. The zero-order chi connectivity index (χ0) is 20.5. The molecule has 152 valence electrons. The summed E-state index contributed by atoms with van der Waals surface area (Å²) in [5.74, 6) is -1.49. The molecule has 3 aromatic rings. The van der Waals surface area contributed by atoms with Crippen LogP contribution < -0.4 is 5.32 Å². The minimum Gasteiger partial charge on any atom is -0.475 e. The minimum atomic E-state index is -1.47. The van der Waals surface area contributed by atoms with Gasteiger partial charge < -0.3 is 30.5 Å². The Bertz CT molecular complexity index is 1030. The normalized spacial score (nSPS) is 24.1. The lowest BCUT2D eigenvalue weighted by Gasteiger charge is -2.18.